The molecule has 62 heavy (non-hydrogen) atoms. The minimum Gasteiger partial charge on any atom is -0.459 e. The maximum absolute atomic E-state index is 14.7. The number of cyclic esters (lactones) is 1. The van der Waals surface area contributed by atoms with E-state index in [0.717, 1.165) is 0 Å². The molecule has 3 N–H and O–H groups in total. The van der Waals surface area contributed by atoms with Gasteiger partial charge < -0.3 is 72.5 Å². The number of hydrogen-bond donors (Lipinski definition) is 3. The highest BCUT2D eigenvalue weighted by Gasteiger charge is 2.85. The molecule has 5 rings (SSSR count). The maximum Gasteiger partial charge on any atom is 0.311 e. The number of nitrogens with zero attached hydrogens (tertiary/aromatic N) is 2. The molecule has 0 aromatic heterocycles. The van der Waals surface area contributed by atoms with E-state index in [4.69, 9.17) is 47.4 Å². The molecule has 0 aromatic carbocycles. The zero-order chi connectivity index (χ0) is 46.3. The van der Waals surface area contributed by atoms with Crippen molar-refractivity contribution in [3.05, 3.63) is 0 Å². The first-order valence-electron chi connectivity index (χ1n) is 22.8. The highest BCUT2D eigenvalue weighted by molar-refractivity contribution is 5.73. The van der Waals surface area contributed by atoms with Crippen LogP contribution in [0.2, 0.25) is 0 Å². The van der Waals surface area contributed by atoms with Crippen molar-refractivity contribution in [1.29, 1.82) is 0 Å². The summed E-state index contributed by atoms with van der Waals surface area (Å²) < 4.78 is 64.0. The maximum atomic E-state index is 14.7. The molecule has 0 bridgehead atoms. The Hall–Kier alpha value is -1.58. The van der Waals surface area contributed by atoms with Gasteiger partial charge in [0.1, 0.15) is 23.9 Å². The van der Waals surface area contributed by atoms with Crippen LogP contribution in [0.25, 0.3) is 0 Å². The first-order valence-corrected chi connectivity index (χ1v) is 22.8. The topological polar surface area (TPSA) is 197 Å². The molecular weight excluding hydrogens is 808 g/mol. The van der Waals surface area contributed by atoms with Crippen molar-refractivity contribution in [1.82, 2.24) is 9.80 Å². The van der Waals surface area contributed by atoms with Crippen molar-refractivity contribution >= 4 is 11.9 Å². The number of aliphatic hydroxyl groups is 3. The standard InChI is InChI=1S/C45H80N2O15/c1-16-32-44(11)45(62-44)37(61-41(45)51)28(6)47(14)23-24(2)21-42(9,52)36(60-40-35(57-30(8)49)31(46(12)13)20-25(3)55-40)26(4)34(27(5)39(50)58-32)59-33-22-43(10,53-15)38(29(7)56-33)54-19-17-18-48/h24-29,31-38,40-41,48,51-52H,16-23H2,1-15H3/t24-,25-,26+,27-,28+,29+,31+,32-,33?,34+,35-,36-,37-,38+,40+,41-,42-,43-,44-,45?/m1/s1. The van der Waals surface area contributed by atoms with E-state index in [9.17, 15) is 24.9 Å². The molecule has 0 saturated carbocycles. The Morgan fingerprint density at radius 2 is 1.66 bits per heavy atom. The Kier molecular flexibility index (Phi) is 16.7. The van der Waals surface area contributed by atoms with E-state index in [1.807, 2.05) is 74.5 Å². The van der Waals surface area contributed by atoms with Crippen molar-refractivity contribution in [3.8, 4) is 0 Å². The van der Waals surface area contributed by atoms with Gasteiger partial charge in [-0.2, -0.15) is 0 Å². The number of likely N-dealkylation sites (N-methyl/N-ethyl adjacent to an activating group) is 2. The van der Waals surface area contributed by atoms with Gasteiger partial charge in [-0.3, -0.25) is 9.59 Å². The number of ether oxygens (including phenoxy) is 10. The lowest BCUT2D eigenvalue weighted by atomic mass is 9.76. The predicted molar refractivity (Wildman–Crippen MR) is 226 cm³/mol. The Labute approximate surface area is 369 Å². The average Bonchev–Trinajstić information content (AvgIpc) is 3.86. The predicted octanol–water partition coefficient (Wildman–Crippen LogP) is 3.01. The van der Waals surface area contributed by atoms with Crippen LogP contribution in [0, 0.1) is 17.8 Å². The molecule has 0 aliphatic carbocycles. The van der Waals surface area contributed by atoms with E-state index in [1.165, 1.54) is 6.92 Å². The molecule has 360 valence electrons. The molecule has 5 heterocycles. The molecule has 17 heteroatoms. The quantitative estimate of drug-likeness (QED) is 0.147. The number of esters is 2. The smallest absolute Gasteiger partial charge is 0.311 e. The fraction of sp³-hybridized carbons (Fsp3) is 0.956. The third-order valence-corrected chi connectivity index (χ3v) is 14.6. The summed E-state index contributed by atoms with van der Waals surface area (Å²) in [4.78, 5) is 31.5. The molecular formula is C45H80N2O15. The molecule has 5 fully saturated rings. The second-order valence-electron chi connectivity index (χ2n) is 19.9. The molecule has 0 aromatic rings. The summed E-state index contributed by atoms with van der Waals surface area (Å²) in [6, 6.07) is -0.474. The van der Waals surface area contributed by atoms with Gasteiger partial charge in [0.05, 0.1) is 47.6 Å². The van der Waals surface area contributed by atoms with Crippen LogP contribution in [-0.4, -0.2) is 187 Å². The SMILES string of the molecule is CC[C@H]1OC(=O)[C@H](C)[C@@H](OC2C[C@@](C)(OC)[C@@H](OCCCO)[C@H](C)O2)[C@H](C)[C@@H](O[C@@H]2O[C@H](C)C[C@H](N(C)C)[C@H]2OC(C)=O)[C@](C)(O)C[C@@H](C)CN(C)[C@@H](C)[C@H]2O[C@@H](O)C23O[C@]13C. The summed E-state index contributed by atoms with van der Waals surface area (Å²) in [5.74, 6) is -2.91. The highest BCUT2D eigenvalue weighted by Crippen LogP contribution is 2.63. The van der Waals surface area contributed by atoms with Gasteiger partial charge >= 0.3 is 11.9 Å². The van der Waals surface area contributed by atoms with E-state index in [2.05, 4.69) is 11.8 Å². The van der Waals surface area contributed by atoms with Crippen LogP contribution in [0.3, 0.4) is 0 Å². The van der Waals surface area contributed by atoms with E-state index in [1.54, 1.807) is 21.0 Å². The number of aliphatic hydroxyl groups excluding tert-OH is 2. The number of epoxide rings is 1. The summed E-state index contributed by atoms with van der Waals surface area (Å²) in [7, 11) is 7.40. The number of rotatable bonds is 12. The number of carbonyl (C=O) groups is 2. The third kappa shape index (κ3) is 10.2. The minimum absolute atomic E-state index is 0.0190. The molecule has 5 aliphatic rings. The molecule has 1 spiro atoms. The zero-order valence-electron chi connectivity index (χ0n) is 40.0. The largest absolute Gasteiger partial charge is 0.459 e. The zero-order valence-corrected chi connectivity index (χ0v) is 40.0. The lowest BCUT2D eigenvalue weighted by Crippen LogP contribution is -2.68. The van der Waals surface area contributed by atoms with Crippen LogP contribution in [0.5, 0.6) is 0 Å². The summed E-state index contributed by atoms with van der Waals surface area (Å²) in [5, 5.41) is 33.4. The molecule has 5 aliphatic heterocycles. The summed E-state index contributed by atoms with van der Waals surface area (Å²) >= 11 is 0. The fourth-order valence-electron chi connectivity index (χ4n) is 11.1. The Balaban J connectivity index is 1.59. The van der Waals surface area contributed by atoms with Crippen molar-refractivity contribution in [3.63, 3.8) is 0 Å². The van der Waals surface area contributed by atoms with Crippen molar-refractivity contribution in [2.75, 3.05) is 48.0 Å². The number of methoxy groups -OCH3 is 1. The first-order chi connectivity index (χ1) is 28.9. The molecule has 0 radical (unpaired) electrons. The van der Waals surface area contributed by atoms with Crippen LogP contribution in [0.4, 0.5) is 0 Å². The summed E-state index contributed by atoms with van der Waals surface area (Å²) in [6.45, 7) is 21.1. The lowest BCUT2D eigenvalue weighted by molar-refractivity contribution is -0.321. The van der Waals surface area contributed by atoms with E-state index < -0.39 is 108 Å². The monoisotopic (exact) mass is 889 g/mol. The average molecular weight is 889 g/mol. The minimum atomic E-state index is -1.58. The third-order valence-electron chi connectivity index (χ3n) is 14.6. The second-order valence-corrected chi connectivity index (χ2v) is 19.9. The Morgan fingerprint density at radius 3 is 2.24 bits per heavy atom. The molecule has 20 atom stereocenters. The lowest BCUT2D eigenvalue weighted by Gasteiger charge is -2.50. The van der Waals surface area contributed by atoms with Gasteiger partial charge in [0, 0.05) is 52.2 Å². The fourth-order valence-corrected chi connectivity index (χ4v) is 11.1. The van der Waals surface area contributed by atoms with Gasteiger partial charge in [-0.25, -0.2) is 0 Å². The van der Waals surface area contributed by atoms with Crippen LogP contribution >= 0.6 is 0 Å². The van der Waals surface area contributed by atoms with E-state index >= 15 is 0 Å². The second kappa shape index (κ2) is 20.1. The van der Waals surface area contributed by atoms with Gasteiger partial charge in [-0.1, -0.05) is 20.8 Å². The van der Waals surface area contributed by atoms with Crippen LogP contribution in [0.15, 0.2) is 0 Å². The normalized spacial score (nSPS) is 48.4. The summed E-state index contributed by atoms with van der Waals surface area (Å²) in [6.07, 6.45) is -6.78. The van der Waals surface area contributed by atoms with Gasteiger partial charge in [0.15, 0.2) is 30.6 Å². The van der Waals surface area contributed by atoms with Gasteiger partial charge in [-0.05, 0) is 101 Å². The molecule has 0 amide bonds. The van der Waals surface area contributed by atoms with Gasteiger partial charge in [-0.15, -0.1) is 0 Å². The van der Waals surface area contributed by atoms with Gasteiger partial charge in [0.2, 0.25) is 0 Å². The first kappa shape index (κ1) is 51.4. The summed E-state index contributed by atoms with van der Waals surface area (Å²) in [5.41, 5.74) is -4.57. The van der Waals surface area contributed by atoms with E-state index in [-0.39, 0.29) is 43.6 Å². The van der Waals surface area contributed by atoms with Crippen LogP contribution in [0.1, 0.15) is 108 Å². The van der Waals surface area contributed by atoms with E-state index in [0.29, 0.717) is 32.4 Å². The Bertz CT molecular complexity index is 1510. The van der Waals surface area contributed by atoms with Crippen molar-refractivity contribution in [2.24, 2.45) is 17.8 Å². The Morgan fingerprint density at radius 1 is 0.984 bits per heavy atom. The molecule has 5 saturated heterocycles. The number of hydrogen-bond acceptors (Lipinski definition) is 17. The van der Waals surface area contributed by atoms with Gasteiger partial charge in [0.25, 0.3) is 0 Å². The highest BCUT2D eigenvalue weighted by atomic mass is 16.8. The molecule has 2 unspecified atom stereocenters. The van der Waals surface area contributed by atoms with Crippen LogP contribution in [-0.2, 0) is 57.0 Å². The molecule has 17 nitrogen and oxygen atoms in total. The van der Waals surface area contributed by atoms with Crippen molar-refractivity contribution < 1.29 is 72.3 Å². The number of carbonyl (C=O) groups excluding carboxylic acids is 2. The van der Waals surface area contributed by atoms with Crippen molar-refractivity contribution in [2.45, 2.75) is 210 Å². The van der Waals surface area contributed by atoms with Crippen LogP contribution < -0.4 is 0 Å².